The molecular weight excluding hydrogens is 314 g/mol. The minimum atomic E-state index is -0.206. The summed E-state index contributed by atoms with van der Waals surface area (Å²) in [5.41, 5.74) is 1.67. The van der Waals surface area contributed by atoms with Gasteiger partial charge in [0.15, 0.2) is 5.82 Å². The van der Waals surface area contributed by atoms with Crippen LogP contribution in [0.5, 0.6) is 0 Å². The number of H-pyrrole nitrogens is 1. The van der Waals surface area contributed by atoms with E-state index in [1.54, 1.807) is 41.2 Å². The van der Waals surface area contributed by atoms with E-state index in [1.807, 2.05) is 18.2 Å². The van der Waals surface area contributed by atoms with E-state index in [9.17, 15) is 4.79 Å². The number of hydrogen-bond donors (Lipinski definition) is 1. The van der Waals surface area contributed by atoms with Crippen molar-refractivity contribution in [1.82, 2.24) is 25.0 Å². The molecule has 0 saturated heterocycles. The Labute approximate surface area is 135 Å². The summed E-state index contributed by atoms with van der Waals surface area (Å²) in [7, 11) is 0. The van der Waals surface area contributed by atoms with Crippen molar-refractivity contribution in [3.8, 4) is 17.2 Å². The highest BCUT2D eigenvalue weighted by Crippen LogP contribution is 2.17. The Balaban J connectivity index is 1.82. The minimum Gasteiger partial charge on any atom is -0.305 e. The molecule has 0 aliphatic carbocycles. The lowest BCUT2D eigenvalue weighted by Gasteiger charge is -2.00. The van der Waals surface area contributed by atoms with E-state index in [0.717, 1.165) is 5.69 Å². The SMILES string of the molecule is O=c1[nH]c(-c2cn(-c3cccc(Cl)c3)nn2)nc2ccccc12. The molecule has 2 heterocycles. The number of rotatable bonds is 2. The zero-order valence-corrected chi connectivity index (χ0v) is 12.5. The average Bonchev–Trinajstić information content (AvgIpc) is 3.05. The first-order valence-electron chi connectivity index (χ1n) is 6.88. The molecule has 0 saturated carbocycles. The molecule has 7 heteroatoms. The van der Waals surface area contributed by atoms with Crippen molar-refractivity contribution in [2.45, 2.75) is 0 Å². The summed E-state index contributed by atoms with van der Waals surface area (Å²) in [5, 5.41) is 9.29. The van der Waals surface area contributed by atoms with Gasteiger partial charge in [0.2, 0.25) is 0 Å². The van der Waals surface area contributed by atoms with Gasteiger partial charge in [-0.05, 0) is 30.3 Å². The molecule has 0 atom stereocenters. The van der Waals surface area contributed by atoms with Crippen LogP contribution in [0.4, 0.5) is 0 Å². The highest BCUT2D eigenvalue weighted by atomic mass is 35.5. The normalized spacial score (nSPS) is 11.0. The van der Waals surface area contributed by atoms with Crippen LogP contribution in [0.2, 0.25) is 5.02 Å². The first-order chi connectivity index (χ1) is 11.2. The largest absolute Gasteiger partial charge is 0.305 e. The van der Waals surface area contributed by atoms with Crippen molar-refractivity contribution in [1.29, 1.82) is 0 Å². The van der Waals surface area contributed by atoms with Crippen molar-refractivity contribution < 1.29 is 0 Å². The molecule has 0 unspecified atom stereocenters. The third-order valence-electron chi connectivity index (χ3n) is 3.42. The Hall–Kier alpha value is -2.99. The summed E-state index contributed by atoms with van der Waals surface area (Å²) in [4.78, 5) is 19.3. The van der Waals surface area contributed by atoms with Crippen LogP contribution in [0, 0.1) is 0 Å². The standard InChI is InChI=1S/C16H10ClN5O/c17-10-4-3-5-11(8-10)22-9-14(20-21-22)15-18-13-7-2-1-6-12(13)16(23)19-15/h1-9H,(H,18,19,23). The van der Waals surface area contributed by atoms with Crippen molar-refractivity contribution in [3.63, 3.8) is 0 Å². The number of benzene rings is 2. The van der Waals surface area contributed by atoms with E-state index in [-0.39, 0.29) is 5.56 Å². The maximum atomic E-state index is 12.1. The predicted molar refractivity (Wildman–Crippen MR) is 87.7 cm³/mol. The van der Waals surface area contributed by atoms with Crippen LogP contribution < -0.4 is 5.56 Å². The lowest BCUT2D eigenvalue weighted by molar-refractivity contribution is 0.803. The second kappa shape index (κ2) is 5.33. The summed E-state index contributed by atoms with van der Waals surface area (Å²) < 4.78 is 1.58. The quantitative estimate of drug-likeness (QED) is 0.615. The second-order valence-corrected chi connectivity index (χ2v) is 5.40. The molecule has 4 aromatic rings. The number of nitrogens with zero attached hydrogens (tertiary/aromatic N) is 4. The number of hydrogen-bond acceptors (Lipinski definition) is 4. The molecular formula is C16H10ClN5O. The van der Waals surface area contributed by atoms with Gasteiger partial charge in [0, 0.05) is 5.02 Å². The van der Waals surface area contributed by atoms with Crippen LogP contribution in [0.15, 0.2) is 59.5 Å². The first kappa shape index (κ1) is 13.7. The fourth-order valence-corrected chi connectivity index (χ4v) is 2.51. The Kier molecular flexibility index (Phi) is 3.17. The predicted octanol–water partition coefficient (Wildman–Crippen LogP) is 2.82. The molecule has 0 aliphatic rings. The molecule has 1 N–H and O–H groups in total. The van der Waals surface area contributed by atoms with E-state index in [4.69, 9.17) is 11.6 Å². The van der Waals surface area contributed by atoms with Gasteiger partial charge < -0.3 is 4.98 Å². The van der Waals surface area contributed by atoms with Crippen molar-refractivity contribution in [3.05, 3.63) is 70.1 Å². The summed E-state index contributed by atoms with van der Waals surface area (Å²) in [6.45, 7) is 0. The van der Waals surface area contributed by atoms with Gasteiger partial charge >= 0.3 is 0 Å². The highest BCUT2D eigenvalue weighted by molar-refractivity contribution is 6.30. The highest BCUT2D eigenvalue weighted by Gasteiger charge is 2.10. The third kappa shape index (κ3) is 2.49. The van der Waals surface area contributed by atoms with Gasteiger partial charge in [-0.1, -0.05) is 35.0 Å². The molecule has 0 radical (unpaired) electrons. The molecule has 0 spiro atoms. The maximum Gasteiger partial charge on any atom is 0.259 e. The Morgan fingerprint density at radius 3 is 2.83 bits per heavy atom. The third-order valence-corrected chi connectivity index (χ3v) is 3.66. The van der Waals surface area contributed by atoms with E-state index >= 15 is 0 Å². The van der Waals surface area contributed by atoms with E-state index in [2.05, 4.69) is 20.3 Å². The Morgan fingerprint density at radius 2 is 1.96 bits per heavy atom. The van der Waals surface area contributed by atoms with Crippen molar-refractivity contribution >= 4 is 22.5 Å². The Morgan fingerprint density at radius 1 is 1.09 bits per heavy atom. The fraction of sp³-hybridized carbons (Fsp3) is 0. The van der Waals surface area contributed by atoms with Crippen LogP contribution in [0.1, 0.15) is 0 Å². The van der Waals surface area contributed by atoms with Gasteiger partial charge in [0.05, 0.1) is 22.8 Å². The molecule has 23 heavy (non-hydrogen) atoms. The summed E-state index contributed by atoms with van der Waals surface area (Å²) in [6.07, 6.45) is 1.69. The minimum absolute atomic E-state index is 0.206. The molecule has 0 fully saturated rings. The van der Waals surface area contributed by atoms with E-state index < -0.39 is 0 Å². The summed E-state index contributed by atoms with van der Waals surface area (Å²) >= 11 is 5.98. The van der Waals surface area contributed by atoms with Crippen LogP contribution in [-0.2, 0) is 0 Å². The number of aromatic amines is 1. The topological polar surface area (TPSA) is 76.5 Å². The molecule has 0 bridgehead atoms. The molecule has 0 amide bonds. The van der Waals surface area contributed by atoms with Crippen LogP contribution >= 0.6 is 11.6 Å². The lowest BCUT2D eigenvalue weighted by atomic mass is 10.2. The first-order valence-corrected chi connectivity index (χ1v) is 7.26. The zero-order valence-electron chi connectivity index (χ0n) is 11.8. The average molecular weight is 324 g/mol. The summed E-state index contributed by atoms with van der Waals surface area (Å²) in [6, 6.07) is 14.4. The zero-order chi connectivity index (χ0) is 15.8. The van der Waals surface area contributed by atoms with Gasteiger partial charge in [-0.3, -0.25) is 4.79 Å². The number of halogens is 1. The van der Waals surface area contributed by atoms with Crippen LogP contribution in [0.3, 0.4) is 0 Å². The molecule has 6 nitrogen and oxygen atoms in total. The van der Waals surface area contributed by atoms with Gasteiger partial charge in [0.25, 0.3) is 5.56 Å². The summed E-state index contributed by atoms with van der Waals surface area (Å²) in [5.74, 6) is 0.377. The lowest BCUT2D eigenvalue weighted by Crippen LogP contribution is -2.09. The van der Waals surface area contributed by atoms with Crippen LogP contribution in [0.25, 0.3) is 28.1 Å². The molecule has 2 aromatic heterocycles. The number of fused-ring (bicyclic) bond motifs is 1. The monoisotopic (exact) mass is 323 g/mol. The number of aromatic nitrogens is 5. The van der Waals surface area contributed by atoms with E-state index in [1.165, 1.54) is 0 Å². The second-order valence-electron chi connectivity index (χ2n) is 4.96. The maximum absolute atomic E-state index is 12.1. The number of nitrogens with one attached hydrogen (secondary N) is 1. The Bertz CT molecular complexity index is 1070. The molecule has 112 valence electrons. The van der Waals surface area contributed by atoms with E-state index in [0.29, 0.717) is 27.4 Å². The van der Waals surface area contributed by atoms with Crippen molar-refractivity contribution in [2.75, 3.05) is 0 Å². The van der Waals surface area contributed by atoms with Crippen LogP contribution in [-0.4, -0.2) is 25.0 Å². The fourth-order valence-electron chi connectivity index (χ4n) is 2.32. The van der Waals surface area contributed by atoms with Gasteiger partial charge in [0.1, 0.15) is 5.69 Å². The van der Waals surface area contributed by atoms with Crippen molar-refractivity contribution in [2.24, 2.45) is 0 Å². The van der Waals surface area contributed by atoms with Gasteiger partial charge in [-0.15, -0.1) is 5.10 Å². The van der Waals surface area contributed by atoms with Gasteiger partial charge in [-0.25, -0.2) is 9.67 Å². The molecule has 4 rings (SSSR count). The molecule has 2 aromatic carbocycles. The molecule has 0 aliphatic heterocycles. The number of para-hydroxylation sites is 1. The van der Waals surface area contributed by atoms with Gasteiger partial charge in [-0.2, -0.15) is 0 Å². The smallest absolute Gasteiger partial charge is 0.259 e.